The number of para-hydroxylation sites is 1. The summed E-state index contributed by atoms with van der Waals surface area (Å²) in [6.07, 6.45) is 6.66. The quantitative estimate of drug-likeness (QED) is 0.658. The lowest BCUT2D eigenvalue weighted by Crippen LogP contribution is -2.22. The molecule has 0 bridgehead atoms. The lowest BCUT2D eigenvalue weighted by molar-refractivity contribution is 0.0699. The molecule has 2 aromatic carbocycles. The zero-order chi connectivity index (χ0) is 19.2. The first-order valence-corrected chi connectivity index (χ1v) is 9.50. The molecule has 0 saturated heterocycles. The number of fused-ring (bicyclic) bond motifs is 1. The van der Waals surface area contributed by atoms with Crippen molar-refractivity contribution in [1.82, 2.24) is 4.98 Å². The van der Waals surface area contributed by atoms with Crippen LogP contribution in [0.15, 0.2) is 54.6 Å². The molecule has 1 saturated carbocycles. The van der Waals surface area contributed by atoms with Gasteiger partial charge in [0.25, 0.3) is 0 Å². The summed E-state index contributed by atoms with van der Waals surface area (Å²) in [7, 11) is 0. The number of aromatic nitrogens is 1. The van der Waals surface area contributed by atoms with Crippen molar-refractivity contribution >= 4 is 16.9 Å². The van der Waals surface area contributed by atoms with Crippen LogP contribution in [0.3, 0.4) is 0 Å². The Hall–Kier alpha value is -2.72. The molecule has 0 aliphatic heterocycles. The average molecular weight is 362 g/mol. The number of carboxylic acid groups (broad SMARTS) is 1. The lowest BCUT2D eigenvalue weighted by atomic mass is 9.97. The van der Waals surface area contributed by atoms with Gasteiger partial charge in [-0.05, 0) is 38.0 Å². The van der Waals surface area contributed by atoms with Crippen LogP contribution in [-0.2, 0) is 0 Å². The average Bonchev–Trinajstić information content (AvgIpc) is 2.68. The van der Waals surface area contributed by atoms with E-state index in [1.807, 2.05) is 49.4 Å². The van der Waals surface area contributed by atoms with Crippen LogP contribution in [0, 0.1) is 6.92 Å². The van der Waals surface area contributed by atoms with Crippen molar-refractivity contribution in [2.24, 2.45) is 5.73 Å². The second kappa shape index (κ2) is 8.78. The van der Waals surface area contributed by atoms with Crippen LogP contribution in [0.25, 0.3) is 22.2 Å². The number of hydrogen-bond donors (Lipinski definition) is 2. The summed E-state index contributed by atoms with van der Waals surface area (Å²) in [6.45, 7) is 2.00. The summed E-state index contributed by atoms with van der Waals surface area (Å²) in [6, 6.07) is 17.4. The first-order valence-electron chi connectivity index (χ1n) is 9.50. The highest BCUT2D eigenvalue weighted by atomic mass is 16.4. The number of pyridine rings is 1. The number of aryl methyl sites for hydroxylation is 1. The smallest absolute Gasteiger partial charge is 0.336 e. The molecule has 3 aromatic rings. The van der Waals surface area contributed by atoms with E-state index < -0.39 is 5.97 Å². The van der Waals surface area contributed by atoms with Crippen LogP contribution >= 0.6 is 0 Å². The minimum atomic E-state index is -0.933. The Kier molecular flexibility index (Phi) is 6.20. The van der Waals surface area contributed by atoms with Crippen LogP contribution in [-0.4, -0.2) is 22.1 Å². The van der Waals surface area contributed by atoms with Gasteiger partial charge in [-0.25, -0.2) is 9.78 Å². The second-order valence-corrected chi connectivity index (χ2v) is 7.14. The van der Waals surface area contributed by atoms with Crippen molar-refractivity contribution in [3.05, 3.63) is 65.7 Å². The van der Waals surface area contributed by atoms with E-state index in [1.165, 1.54) is 32.1 Å². The summed E-state index contributed by atoms with van der Waals surface area (Å²) in [5.41, 5.74) is 9.35. The van der Waals surface area contributed by atoms with E-state index in [4.69, 9.17) is 5.73 Å². The van der Waals surface area contributed by atoms with Crippen LogP contribution in [0.2, 0.25) is 0 Å². The van der Waals surface area contributed by atoms with E-state index >= 15 is 0 Å². The van der Waals surface area contributed by atoms with Crippen molar-refractivity contribution in [3.63, 3.8) is 0 Å². The van der Waals surface area contributed by atoms with Crippen LogP contribution < -0.4 is 5.73 Å². The predicted octanol–water partition coefficient (Wildman–Crippen LogP) is 5.19. The molecule has 1 aromatic heterocycles. The van der Waals surface area contributed by atoms with Crippen molar-refractivity contribution in [2.45, 2.75) is 45.1 Å². The molecule has 140 valence electrons. The van der Waals surface area contributed by atoms with E-state index in [-0.39, 0.29) is 5.56 Å². The Morgan fingerprint density at radius 3 is 2.41 bits per heavy atom. The lowest BCUT2D eigenvalue weighted by Gasteiger charge is -2.15. The largest absolute Gasteiger partial charge is 0.478 e. The summed E-state index contributed by atoms with van der Waals surface area (Å²) in [5.74, 6) is -0.933. The van der Waals surface area contributed by atoms with Gasteiger partial charge < -0.3 is 10.8 Å². The van der Waals surface area contributed by atoms with Gasteiger partial charge in [0.1, 0.15) is 0 Å². The first-order chi connectivity index (χ1) is 13.0. The zero-order valence-electron chi connectivity index (χ0n) is 15.7. The number of nitrogens with zero attached hydrogens (tertiary/aromatic N) is 1. The third-order valence-corrected chi connectivity index (χ3v) is 4.91. The number of aromatic carboxylic acids is 1. The highest BCUT2D eigenvalue weighted by Crippen LogP contribution is 2.25. The molecule has 1 aliphatic rings. The Labute approximate surface area is 160 Å². The number of rotatable bonds is 2. The Bertz CT molecular complexity index is 931. The van der Waals surface area contributed by atoms with Gasteiger partial charge in [0.05, 0.1) is 16.8 Å². The molecule has 0 atom stereocenters. The number of benzene rings is 2. The normalized spacial score (nSPS) is 14.4. The van der Waals surface area contributed by atoms with Crippen molar-refractivity contribution in [1.29, 1.82) is 0 Å². The van der Waals surface area contributed by atoms with Gasteiger partial charge in [0, 0.05) is 17.0 Å². The monoisotopic (exact) mass is 362 g/mol. The fourth-order valence-corrected chi connectivity index (χ4v) is 3.44. The molecule has 0 radical (unpaired) electrons. The Morgan fingerprint density at radius 1 is 1.04 bits per heavy atom. The molecule has 0 unspecified atom stereocenters. The molecule has 1 aliphatic carbocycles. The molecule has 3 N–H and O–H groups in total. The fourth-order valence-electron chi connectivity index (χ4n) is 3.44. The molecule has 0 spiro atoms. The van der Waals surface area contributed by atoms with Crippen molar-refractivity contribution in [2.75, 3.05) is 0 Å². The van der Waals surface area contributed by atoms with E-state index in [1.54, 1.807) is 12.1 Å². The van der Waals surface area contributed by atoms with Crippen LogP contribution in [0.5, 0.6) is 0 Å². The third kappa shape index (κ3) is 4.92. The second-order valence-electron chi connectivity index (χ2n) is 7.14. The van der Waals surface area contributed by atoms with Gasteiger partial charge in [-0.3, -0.25) is 0 Å². The number of hydrogen-bond acceptors (Lipinski definition) is 3. The van der Waals surface area contributed by atoms with Crippen LogP contribution in [0.4, 0.5) is 0 Å². The van der Waals surface area contributed by atoms with Crippen LogP contribution in [0.1, 0.15) is 48.0 Å². The van der Waals surface area contributed by atoms with E-state index in [0.717, 1.165) is 11.1 Å². The Morgan fingerprint density at radius 2 is 1.78 bits per heavy atom. The third-order valence-electron chi connectivity index (χ3n) is 4.91. The molecule has 4 nitrogen and oxygen atoms in total. The molecule has 1 heterocycles. The molecule has 4 heteroatoms. The van der Waals surface area contributed by atoms with Gasteiger partial charge in [-0.1, -0.05) is 61.2 Å². The number of carboxylic acids is 1. The topological polar surface area (TPSA) is 76.2 Å². The first kappa shape index (κ1) is 19.1. The zero-order valence-corrected chi connectivity index (χ0v) is 15.7. The molecular weight excluding hydrogens is 336 g/mol. The van der Waals surface area contributed by atoms with E-state index in [9.17, 15) is 9.90 Å². The summed E-state index contributed by atoms with van der Waals surface area (Å²) >= 11 is 0. The van der Waals surface area contributed by atoms with Gasteiger partial charge in [0.15, 0.2) is 0 Å². The molecule has 4 rings (SSSR count). The predicted molar refractivity (Wildman–Crippen MR) is 110 cm³/mol. The van der Waals surface area contributed by atoms with Gasteiger partial charge >= 0.3 is 5.97 Å². The fraction of sp³-hybridized carbons (Fsp3) is 0.304. The highest BCUT2D eigenvalue weighted by Gasteiger charge is 2.12. The van der Waals surface area contributed by atoms with Crippen molar-refractivity contribution < 1.29 is 9.90 Å². The molecule has 27 heavy (non-hydrogen) atoms. The maximum Gasteiger partial charge on any atom is 0.336 e. The molecular formula is C23H26N2O2. The summed E-state index contributed by atoms with van der Waals surface area (Å²) < 4.78 is 0. The minimum absolute atomic E-state index is 0.284. The summed E-state index contributed by atoms with van der Waals surface area (Å²) in [4.78, 5) is 16.0. The number of nitrogens with two attached hydrogens (primary N) is 1. The molecule has 0 amide bonds. The maximum atomic E-state index is 11.4. The highest BCUT2D eigenvalue weighted by molar-refractivity contribution is 6.03. The maximum absolute atomic E-state index is 11.4. The minimum Gasteiger partial charge on any atom is -0.478 e. The Balaban J connectivity index is 0.000000253. The van der Waals surface area contributed by atoms with Gasteiger partial charge in [-0.2, -0.15) is 0 Å². The van der Waals surface area contributed by atoms with E-state index in [0.29, 0.717) is 22.6 Å². The summed E-state index contributed by atoms with van der Waals surface area (Å²) in [5, 5.41) is 10.0. The SMILES string of the molecule is Cc1cccc(-c2cc(C(=O)O)c3ccccc3n2)c1.NC1CCCCC1. The van der Waals surface area contributed by atoms with Crippen molar-refractivity contribution in [3.8, 4) is 11.3 Å². The molecule has 1 fully saturated rings. The number of carbonyl (C=O) groups is 1. The van der Waals surface area contributed by atoms with E-state index in [2.05, 4.69) is 4.98 Å². The van der Waals surface area contributed by atoms with Gasteiger partial charge in [-0.15, -0.1) is 0 Å². The van der Waals surface area contributed by atoms with Gasteiger partial charge in [0.2, 0.25) is 0 Å². The standard InChI is InChI=1S/C17H13NO2.C6H13N/c1-11-5-4-6-12(9-11)16-10-14(17(19)20)13-7-2-3-8-15(13)18-16;7-6-4-2-1-3-5-6/h2-10H,1H3,(H,19,20);6H,1-5,7H2.